The number of ketones is 1. The molecule has 0 aromatic carbocycles. The molecule has 0 fully saturated rings. The summed E-state index contributed by atoms with van der Waals surface area (Å²) >= 11 is 0. The zero-order valence-electron chi connectivity index (χ0n) is 26.6. The topological polar surface area (TPSA) is 111 Å². The van der Waals surface area contributed by atoms with Crippen molar-refractivity contribution in [3.63, 3.8) is 0 Å². The van der Waals surface area contributed by atoms with Crippen LogP contribution in [0.1, 0.15) is 138 Å². The smallest absolute Gasteiger partial charge is 0.328 e. The van der Waals surface area contributed by atoms with Gasteiger partial charge in [0.2, 0.25) is 5.91 Å². The second-order valence-corrected chi connectivity index (χ2v) is 12.3. The molecule has 8 heteroatoms. The first-order valence-corrected chi connectivity index (χ1v) is 15.8. The van der Waals surface area contributed by atoms with E-state index in [2.05, 4.69) is 24.5 Å². The Bertz CT molecular complexity index is 698. The van der Waals surface area contributed by atoms with Crippen LogP contribution in [0.15, 0.2) is 0 Å². The normalized spacial score (nSPS) is 12.9. The van der Waals surface area contributed by atoms with Crippen LogP contribution in [0.2, 0.25) is 0 Å². The molecule has 2 atom stereocenters. The van der Waals surface area contributed by atoms with E-state index >= 15 is 0 Å². The highest BCUT2D eigenvalue weighted by molar-refractivity contribution is 5.84. The second kappa shape index (κ2) is 23.7. The van der Waals surface area contributed by atoms with Crippen LogP contribution in [-0.4, -0.2) is 55.0 Å². The fourth-order valence-electron chi connectivity index (χ4n) is 4.53. The number of nitrogens with one attached hydrogen (secondary N) is 2. The molecular formula is C32H60N2O6. The number of hydrogen-bond donors (Lipinski definition) is 2. The number of amides is 1. The number of ether oxygens (including phenoxy) is 2. The molecule has 0 saturated carbocycles. The molecule has 1 amide bonds. The van der Waals surface area contributed by atoms with Crippen LogP contribution >= 0.6 is 0 Å². The van der Waals surface area contributed by atoms with Gasteiger partial charge in [-0.05, 0) is 70.1 Å². The van der Waals surface area contributed by atoms with Crippen molar-refractivity contribution in [3.8, 4) is 0 Å². The van der Waals surface area contributed by atoms with Crippen LogP contribution < -0.4 is 10.6 Å². The predicted octanol–water partition coefficient (Wildman–Crippen LogP) is 6.29. The van der Waals surface area contributed by atoms with Crippen molar-refractivity contribution in [1.82, 2.24) is 10.6 Å². The summed E-state index contributed by atoms with van der Waals surface area (Å²) < 4.78 is 11.0. The van der Waals surface area contributed by atoms with E-state index in [1.54, 1.807) is 6.92 Å². The van der Waals surface area contributed by atoms with Gasteiger partial charge >= 0.3 is 11.9 Å². The van der Waals surface area contributed by atoms with Gasteiger partial charge in [0.15, 0.2) is 0 Å². The summed E-state index contributed by atoms with van der Waals surface area (Å²) in [6.07, 6.45) is 11.5. The molecule has 0 radical (unpaired) electrons. The Labute approximate surface area is 244 Å². The number of Topliss-reactive ketones (excluding diaryl/α,β-unsaturated/α-hetero) is 1. The fraction of sp³-hybridized carbons (Fsp3) is 0.875. The van der Waals surface area contributed by atoms with Gasteiger partial charge in [0.05, 0.1) is 13.2 Å². The molecule has 2 unspecified atom stereocenters. The molecule has 0 spiro atoms. The predicted molar refractivity (Wildman–Crippen MR) is 161 cm³/mol. The third-order valence-electron chi connectivity index (χ3n) is 6.56. The summed E-state index contributed by atoms with van der Waals surface area (Å²) in [5.41, 5.74) is 0. The lowest BCUT2D eigenvalue weighted by molar-refractivity contribution is -0.149. The summed E-state index contributed by atoms with van der Waals surface area (Å²) in [6.45, 7) is 14.6. The van der Waals surface area contributed by atoms with E-state index in [4.69, 9.17) is 9.47 Å². The quantitative estimate of drug-likeness (QED) is 0.0984. The maximum Gasteiger partial charge on any atom is 0.328 e. The summed E-state index contributed by atoms with van der Waals surface area (Å²) in [4.78, 5) is 48.4. The van der Waals surface area contributed by atoms with E-state index in [-0.39, 0.29) is 41.6 Å². The molecule has 234 valence electrons. The van der Waals surface area contributed by atoms with Crippen molar-refractivity contribution in [3.05, 3.63) is 0 Å². The molecule has 0 heterocycles. The lowest BCUT2D eigenvalue weighted by Crippen LogP contribution is -2.42. The third-order valence-corrected chi connectivity index (χ3v) is 6.56. The van der Waals surface area contributed by atoms with Crippen LogP contribution in [0, 0.1) is 11.8 Å². The van der Waals surface area contributed by atoms with E-state index < -0.39 is 6.04 Å². The van der Waals surface area contributed by atoms with Crippen molar-refractivity contribution in [2.75, 3.05) is 13.2 Å². The molecule has 0 aromatic rings. The van der Waals surface area contributed by atoms with Crippen molar-refractivity contribution >= 4 is 23.6 Å². The van der Waals surface area contributed by atoms with Crippen LogP contribution in [0.4, 0.5) is 0 Å². The van der Waals surface area contributed by atoms with Gasteiger partial charge in [-0.3, -0.25) is 9.59 Å². The molecule has 0 bridgehead atoms. The Kier molecular flexibility index (Phi) is 22.6. The minimum atomic E-state index is -0.614. The second-order valence-electron chi connectivity index (χ2n) is 12.3. The first-order valence-electron chi connectivity index (χ1n) is 15.8. The molecule has 0 aromatic heterocycles. The largest absolute Gasteiger partial charge is 0.465 e. The number of rotatable bonds is 25. The first kappa shape index (κ1) is 38.0. The van der Waals surface area contributed by atoms with Gasteiger partial charge in [0.25, 0.3) is 0 Å². The minimum Gasteiger partial charge on any atom is -0.465 e. The Morgan fingerprint density at radius 1 is 0.575 bits per heavy atom. The van der Waals surface area contributed by atoms with Crippen molar-refractivity contribution < 1.29 is 28.7 Å². The zero-order chi connectivity index (χ0) is 30.3. The van der Waals surface area contributed by atoms with E-state index in [9.17, 15) is 19.2 Å². The number of esters is 2. The van der Waals surface area contributed by atoms with E-state index in [1.807, 2.05) is 27.7 Å². The average molecular weight is 569 g/mol. The number of unbranched alkanes of at least 4 members (excludes halogenated alkanes) is 8. The molecule has 2 N–H and O–H groups in total. The monoisotopic (exact) mass is 568 g/mol. The van der Waals surface area contributed by atoms with Crippen molar-refractivity contribution in [2.45, 2.75) is 156 Å². The highest BCUT2D eigenvalue weighted by atomic mass is 16.5. The van der Waals surface area contributed by atoms with Crippen LogP contribution in [0.3, 0.4) is 0 Å². The molecule has 0 rings (SSSR count). The van der Waals surface area contributed by atoms with E-state index in [1.165, 1.54) is 0 Å². The number of hydrogen-bond acceptors (Lipinski definition) is 7. The Balaban J connectivity index is 4.14. The molecule has 8 nitrogen and oxygen atoms in total. The fourth-order valence-corrected chi connectivity index (χ4v) is 4.53. The lowest BCUT2D eigenvalue weighted by atomic mass is 10.0. The minimum absolute atomic E-state index is 0.104. The Morgan fingerprint density at radius 2 is 1.00 bits per heavy atom. The van der Waals surface area contributed by atoms with Gasteiger partial charge in [-0.25, -0.2) is 4.79 Å². The molecule has 0 aliphatic rings. The number of carbonyl (C=O) groups is 4. The molecule has 40 heavy (non-hydrogen) atoms. The van der Waals surface area contributed by atoms with Crippen molar-refractivity contribution in [2.24, 2.45) is 11.8 Å². The lowest BCUT2D eigenvalue weighted by Gasteiger charge is -2.21. The van der Waals surface area contributed by atoms with Gasteiger partial charge in [-0.2, -0.15) is 0 Å². The van der Waals surface area contributed by atoms with Crippen molar-refractivity contribution in [1.29, 1.82) is 0 Å². The SMILES string of the molecule is CC(=O)CCCCCCCCC(=O)NC(CC(C)C)C(=O)OCCCCCCOC(=O)C(CC(C)C)NC(C)C. The zero-order valence-corrected chi connectivity index (χ0v) is 26.6. The van der Waals surface area contributed by atoms with E-state index in [0.29, 0.717) is 38.4 Å². The third kappa shape index (κ3) is 22.8. The summed E-state index contributed by atoms with van der Waals surface area (Å²) in [7, 11) is 0. The Hall–Kier alpha value is -1.96. The standard InChI is InChI=1S/C32H60N2O6/c1-24(2)22-28(33-26(5)6)31(37)39-20-16-12-13-17-21-40-32(38)29(23-25(3)4)34-30(36)19-15-11-9-8-10-14-18-27(7)35/h24-26,28-29,33H,8-23H2,1-7H3,(H,34,36). The molecular weight excluding hydrogens is 508 g/mol. The maximum absolute atomic E-state index is 12.6. The highest BCUT2D eigenvalue weighted by Crippen LogP contribution is 2.12. The van der Waals surface area contributed by atoms with E-state index in [0.717, 1.165) is 70.6 Å². The van der Waals surface area contributed by atoms with Crippen LogP contribution in [-0.2, 0) is 28.7 Å². The summed E-state index contributed by atoms with van der Waals surface area (Å²) in [5.74, 6) is 0.252. The average Bonchev–Trinajstić information content (AvgIpc) is 2.85. The van der Waals surface area contributed by atoms with Gasteiger partial charge in [0, 0.05) is 18.9 Å². The van der Waals surface area contributed by atoms with Gasteiger partial charge in [0.1, 0.15) is 17.9 Å². The first-order chi connectivity index (χ1) is 18.9. The molecule has 0 saturated heterocycles. The van der Waals surface area contributed by atoms with Gasteiger partial charge < -0.3 is 24.9 Å². The maximum atomic E-state index is 12.6. The summed E-state index contributed by atoms with van der Waals surface area (Å²) in [6, 6.07) is -0.664. The van der Waals surface area contributed by atoms with Crippen LogP contribution in [0.5, 0.6) is 0 Å². The Morgan fingerprint density at radius 3 is 1.48 bits per heavy atom. The highest BCUT2D eigenvalue weighted by Gasteiger charge is 2.23. The van der Waals surface area contributed by atoms with Crippen LogP contribution in [0.25, 0.3) is 0 Å². The molecule has 0 aliphatic carbocycles. The molecule has 0 aliphatic heterocycles. The summed E-state index contributed by atoms with van der Waals surface area (Å²) in [5, 5.41) is 6.17. The van der Waals surface area contributed by atoms with Gasteiger partial charge in [-0.15, -0.1) is 0 Å². The van der Waals surface area contributed by atoms with Gasteiger partial charge in [-0.1, -0.05) is 67.2 Å². The number of carbonyl (C=O) groups excluding carboxylic acids is 4.